The van der Waals surface area contributed by atoms with Gasteiger partial charge in [-0.05, 0) is 41.1 Å². The second kappa shape index (κ2) is 8.63. The Bertz CT molecular complexity index is 1150. The van der Waals surface area contributed by atoms with Gasteiger partial charge < -0.3 is 10.2 Å². The molecule has 0 radical (unpaired) electrons. The van der Waals surface area contributed by atoms with E-state index >= 15 is 0 Å². The Morgan fingerprint density at radius 3 is 2.71 bits per heavy atom. The number of nitro groups is 1. The lowest BCUT2D eigenvalue weighted by atomic mass is 10.2. The molecule has 0 unspecified atom stereocenters. The number of pyridine rings is 1. The number of nitro benzene ring substituents is 1. The van der Waals surface area contributed by atoms with Crippen LogP contribution >= 0.6 is 11.8 Å². The Balaban J connectivity index is 1.61. The molecule has 11 nitrogen and oxygen atoms in total. The number of hydrogen-bond donors (Lipinski definition) is 1. The maximum atomic E-state index is 14.6. The molecule has 0 saturated carbocycles. The minimum Gasteiger partial charge on any atom is -0.370 e. The molecule has 1 fully saturated rings. The monoisotopic (exact) mass is 444 g/mol. The molecule has 1 aliphatic rings. The Morgan fingerprint density at radius 2 is 2.06 bits per heavy atom. The number of aromatic nitrogens is 5. The van der Waals surface area contributed by atoms with Gasteiger partial charge in [0.15, 0.2) is 11.6 Å². The van der Waals surface area contributed by atoms with Crippen LogP contribution < -0.4 is 10.2 Å². The molecular formula is C18H17FN8O3S. The molecule has 1 amide bonds. The maximum absolute atomic E-state index is 14.6. The normalized spacial score (nSPS) is 13.4. The van der Waals surface area contributed by atoms with E-state index in [1.54, 1.807) is 7.05 Å². The lowest BCUT2D eigenvalue weighted by molar-refractivity contribution is -0.384. The van der Waals surface area contributed by atoms with E-state index in [4.69, 9.17) is 0 Å². The van der Waals surface area contributed by atoms with Gasteiger partial charge >= 0.3 is 0 Å². The van der Waals surface area contributed by atoms with Gasteiger partial charge in [-0.15, -0.1) is 5.10 Å². The number of aryl methyl sites for hydroxylation is 1. The topological polar surface area (TPSA) is 132 Å². The van der Waals surface area contributed by atoms with Crippen molar-refractivity contribution in [3.8, 4) is 0 Å². The summed E-state index contributed by atoms with van der Waals surface area (Å²) in [4.78, 5) is 29.9. The van der Waals surface area contributed by atoms with E-state index in [1.165, 1.54) is 29.1 Å². The van der Waals surface area contributed by atoms with Crippen molar-refractivity contribution in [1.82, 2.24) is 25.2 Å². The summed E-state index contributed by atoms with van der Waals surface area (Å²) in [7, 11) is 1.62. The third-order valence-electron chi connectivity index (χ3n) is 4.73. The van der Waals surface area contributed by atoms with Gasteiger partial charge in [0, 0.05) is 43.2 Å². The molecule has 1 aromatic carbocycles. The van der Waals surface area contributed by atoms with Crippen LogP contribution in [0, 0.1) is 15.9 Å². The highest BCUT2D eigenvalue weighted by Crippen LogP contribution is 2.32. The molecule has 0 aliphatic carbocycles. The SMILES string of the molecule is Cn1nnnc1Sc1ccc([N+](=O)[O-])cc1C(=O)Nc1ncc(N2CCCC2)cc1F. The summed E-state index contributed by atoms with van der Waals surface area (Å²) in [5.41, 5.74) is 0.352. The van der Waals surface area contributed by atoms with E-state index in [0.717, 1.165) is 43.8 Å². The van der Waals surface area contributed by atoms with E-state index in [0.29, 0.717) is 15.7 Å². The highest BCUT2D eigenvalue weighted by atomic mass is 32.2. The number of amides is 1. The fourth-order valence-corrected chi connectivity index (χ4v) is 3.99. The number of anilines is 2. The summed E-state index contributed by atoms with van der Waals surface area (Å²) in [6.07, 6.45) is 3.57. The highest BCUT2D eigenvalue weighted by molar-refractivity contribution is 7.99. The molecule has 0 bridgehead atoms. The smallest absolute Gasteiger partial charge is 0.270 e. The van der Waals surface area contributed by atoms with Gasteiger partial charge in [0.25, 0.3) is 11.6 Å². The summed E-state index contributed by atoms with van der Waals surface area (Å²) >= 11 is 1.05. The average molecular weight is 444 g/mol. The van der Waals surface area contributed by atoms with Gasteiger partial charge in [-0.3, -0.25) is 14.9 Å². The maximum Gasteiger partial charge on any atom is 0.270 e. The first-order valence-corrected chi connectivity index (χ1v) is 10.1. The van der Waals surface area contributed by atoms with Crippen LogP contribution in [0.4, 0.5) is 21.6 Å². The number of carbonyl (C=O) groups is 1. The van der Waals surface area contributed by atoms with Gasteiger partial charge in [0.05, 0.1) is 22.4 Å². The molecule has 13 heteroatoms. The molecule has 1 aliphatic heterocycles. The molecule has 2 aromatic heterocycles. The second-order valence-electron chi connectivity index (χ2n) is 6.80. The van der Waals surface area contributed by atoms with Crippen LogP contribution in [0.25, 0.3) is 0 Å². The minimum atomic E-state index is -0.735. The summed E-state index contributed by atoms with van der Waals surface area (Å²) in [5.74, 6) is -1.67. The van der Waals surface area contributed by atoms with Gasteiger partial charge in [-0.1, -0.05) is 0 Å². The first-order valence-electron chi connectivity index (χ1n) is 9.33. The largest absolute Gasteiger partial charge is 0.370 e. The molecule has 31 heavy (non-hydrogen) atoms. The highest BCUT2D eigenvalue weighted by Gasteiger charge is 2.21. The minimum absolute atomic E-state index is 0.0213. The number of halogens is 1. The molecule has 1 saturated heterocycles. The summed E-state index contributed by atoms with van der Waals surface area (Å²) in [5, 5.41) is 25.1. The molecule has 4 rings (SSSR count). The number of tetrazole rings is 1. The van der Waals surface area contributed by atoms with E-state index in [-0.39, 0.29) is 17.1 Å². The fraction of sp³-hybridized carbons (Fsp3) is 0.278. The Labute approximate surface area is 179 Å². The van der Waals surface area contributed by atoms with E-state index in [1.807, 2.05) is 4.90 Å². The van der Waals surface area contributed by atoms with Crippen LogP contribution in [0.2, 0.25) is 0 Å². The Hall–Kier alpha value is -3.61. The van der Waals surface area contributed by atoms with Gasteiger partial charge in [-0.2, -0.15) is 0 Å². The predicted octanol–water partition coefficient (Wildman–Crippen LogP) is 2.66. The van der Waals surface area contributed by atoms with Gasteiger partial charge in [-0.25, -0.2) is 14.1 Å². The van der Waals surface area contributed by atoms with Crippen molar-refractivity contribution in [2.75, 3.05) is 23.3 Å². The van der Waals surface area contributed by atoms with Crippen LogP contribution in [-0.2, 0) is 7.05 Å². The molecular weight excluding hydrogens is 427 g/mol. The van der Waals surface area contributed by atoms with Crippen molar-refractivity contribution in [3.63, 3.8) is 0 Å². The zero-order valence-electron chi connectivity index (χ0n) is 16.4. The van der Waals surface area contributed by atoms with Gasteiger partial charge in [0.1, 0.15) is 0 Å². The third-order valence-corrected chi connectivity index (χ3v) is 5.84. The van der Waals surface area contributed by atoms with Crippen molar-refractivity contribution in [2.24, 2.45) is 7.05 Å². The quantitative estimate of drug-likeness (QED) is 0.450. The first-order chi connectivity index (χ1) is 14.9. The van der Waals surface area contributed by atoms with Crippen molar-refractivity contribution in [1.29, 1.82) is 0 Å². The molecule has 0 atom stereocenters. The van der Waals surface area contributed by atoms with Crippen LogP contribution in [0.15, 0.2) is 40.5 Å². The van der Waals surface area contributed by atoms with Crippen LogP contribution in [0.5, 0.6) is 0 Å². The standard InChI is InChI=1S/C18H17FN8O3S/c1-25-18(22-23-24-25)31-15-5-4-11(27(29)30)8-13(15)17(28)21-16-14(19)9-12(10-20-16)26-6-2-3-7-26/h4-5,8-10H,2-3,6-7H2,1H3,(H,20,21,28). The van der Waals surface area contributed by atoms with E-state index < -0.39 is 16.6 Å². The lowest BCUT2D eigenvalue weighted by Crippen LogP contribution is -2.19. The average Bonchev–Trinajstić information content (AvgIpc) is 3.42. The van der Waals surface area contributed by atoms with Crippen LogP contribution in [0.1, 0.15) is 23.2 Å². The summed E-state index contributed by atoms with van der Waals surface area (Å²) in [6, 6.07) is 5.14. The van der Waals surface area contributed by atoms with Gasteiger partial charge in [0.2, 0.25) is 5.16 Å². The lowest BCUT2D eigenvalue weighted by Gasteiger charge is -2.17. The number of nitrogens with zero attached hydrogens (tertiary/aromatic N) is 7. The zero-order chi connectivity index (χ0) is 22.0. The molecule has 1 N–H and O–H groups in total. The first kappa shape index (κ1) is 20.7. The Kier molecular flexibility index (Phi) is 5.75. The number of non-ortho nitro benzene ring substituents is 1. The number of carbonyl (C=O) groups excluding carboxylic acids is 1. The summed E-state index contributed by atoms with van der Waals surface area (Å²) < 4.78 is 16.0. The van der Waals surface area contributed by atoms with E-state index in [9.17, 15) is 19.3 Å². The van der Waals surface area contributed by atoms with Crippen molar-refractivity contribution < 1.29 is 14.1 Å². The third kappa shape index (κ3) is 4.45. The summed E-state index contributed by atoms with van der Waals surface area (Å²) in [6.45, 7) is 1.66. The van der Waals surface area contributed by atoms with Crippen LogP contribution in [-0.4, -0.2) is 49.1 Å². The predicted molar refractivity (Wildman–Crippen MR) is 110 cm³/mol. The van der Waals surface area contributed by atoms with Crippen molar-refractivity contribution in [3.05, 3.63) is 52.0 Å². The number of hydrogen-bond acceptors (Lipinski definition) is 9. The number of nitrogens with one attached hydrogen (secondary N) is 1. The van der Waals surface area contributed by atoms with E-state index in [2.05, 4.69) is 25.8 Å². The zero-order valence-corrected chi connectivity index (χ0v) is 17.2. The van der Waals surface area contributed by atoms with Crippen molar-refractivity contribution >= 4 is 34.9 Å². The molecule has 0 spiro atoms. The Morgan fingerprint density at radius 1 is 1.29 bits per heavy atom. The molecule has 160 valence electrons. The number of rotatable bonds is 6. The molecule has 3 heterocycles. The second-order valence-corrected chi connectivity index (χ2v) is 7.81. The number of benzene rings is 1. The molecule has 3 aromatic rings. The fourth-order valence-electron chi connectivity index (χ4n) is 3.15. The van der Waals surface area contributed by atoms with Crippen LogP contribution in [0.3, 0.4) is 0 Å². The van der Waals surface area contributed by atoms with Crippen molar-refractivity contribution in [2.45, 2.75) is 22.9 Å².